The Morgan fingerprint density at radius 3 is 2.35 bits per heavy atom. The predicted molar refractivity (Wildman–Crippen MR) is 80.7 cm³/mol. The lowest BCUT2D eigenvalue weighted by molar-refractivity contribution is -0.310. The van der Waals surface area contributed by atoms with Gasteiger partial charge in [-0.05, 0) is 37.5 Å². The lowest BCUT2D eigenvalue weighted by atomic mass is 9.99. The number of ether oxygens (including phenoxy) is 2. The second-order valence-corrected chi connectivity index (χ2v) is 5.85. The first-order valence-corrected chi connectivity index (χ1v) is 7.66. The minimum Gasteiger partial charge on any atom is -0.508 e. The van der Waals surface area contributed by atoms with Crippen LogP contribution in [0.3, 0.4) is 0 Å². The minimum absolute atomic E-state index is 0.208. The summed E-state index contributed by atoms with van der Waals surface area (Å²) in [6.07, 6.45) is -5.21. The number of aromatic hydroxyl groups is 1. The Balaban J connectivity index is 1.86. The number of aliphatic hydroxyl groups is 4. The Kier molecular flexibility index (Phi) is 6.34. The molecule has 6 atom stereocenters. The highest BCUT2D eigenvalue weighted by atomic mass is 16.7. The van der Waals surface area contributed by atoms with Crippen molar-refractivity contribution in [2.45, 2.75) is 56.6 Å². The molecule has 1 aromatic carbocycles. The summed E-state index contributed by atoms with van der Waals surface area (Å²) in [5, 5.41) is 47.7. The molecule has 0 bridgehead atoms. The number of hydrogen-bond acceptors (Lipinski definition) is 7. The first kappa shape index (κ1) is 18.1. The van der Waals surface area contributed by atoms with Crippen molar-refractivity contribution in [3.05, 3.63) is 29.8 Å². The van der Waals surface area contributed by atoms with Crippen LogP contribution in [-0.2, 0) is 15.9 Å². The summed E-state index contributed by atoms with van der Waals surface area (Å²) < 4.78 is 10.9. The van der Waals surface area contributed by atoms with Crippen molar-refractivity contribution in [1.82, 2.24) is 0 Å². The number of aryl methyl sites for hydroxylation is 1. The van der Waals surface area contributed by atoms with Crippen LogP contribution in [0.15, 0.2) is 24.3 Å². The van der Waals surface area contributed by atoms with Crippen molar-refractivity contribution in [3.63, 3.8) is 0 Å². The zero-order chi connectivity index (χ0) is 17.0. The summed E-state index contributed by atoms with van der Waals surface area (Å²) >= 11 is 0. The highest BCUT2D eigenvalue weighted by Gasteiger charge is 2.44. The zero-order valence-corrected chi connectivity index (χ0v) is 12.9. The number of phenols is 1. The lowest BCUT2D eigenvalue weighted by Gasteiger charge is -2.40. The topological polar surface area (TPSA) is 120 Å². The average molecular weight is 328 g/mol. The van der Waals surface area contributed by atoms with Gasteiger partial charge in [-0.3, -0.25) is 0 Å². The van der Waals surface area contributed by atoms with Gasteiger partial charge in [-0.2, -0.15) is 0 Å². The minimum atomic E-state index is -1.44. The van der Waals surface area contributed by atoms with E-state index in [0.29, 0.717) is 12.8 Å². The van der Waals surface area contributed by atoms with E-state index in [1.807, 2.05) is 19.1 Å². The molecular formula is C16H24O7. The number of rotatable bonds is 6. The standard InChI is InChI=1S/C16H24O7/c1-9(2-3-10-4-6-11(18)7-5-10)22-16-15(21)14(20)13(19)12(8-17)23-16/h4-7,9,12-21H,2-3,8H2,1H3/t9-,12-,13+,14-,15-,16+/m1/s1. The summed E-state index contributed by atoms with van der Waals surface area (Å²) in [4.78, 5) is 0. The van der Waals surface area contributed by atoms with Gasteiger partial charge in [-0.15, -0.1) is 0 Å². The Hall–Kier alpha value is -1.22. The monoisotopic (exact) mass is 328 g/mol. The van der Waals surface area contributed by atoms with Crippen LogP contribution in [0.25, 0.3) is 0 Å². The highest BCUT2D eigenvalue weighted by Crippen LogP contribution is 2.23. The van der Waals surface area contributed by atoms with Gasteiger partial charge in [0.05, 0.1) is 12.7 Å². The maximum Gasteiger partial charge on any atom is 0.186 e. The van der Waals surface area contributed by atoms with Gasteiger partial charge in [0.25, 0.3) is 0 Å². The first-order valence-electron chi connectivity index (χ1n) is 7.66. The van der Waals surface area contributed by atoms with Crippen LogP contribution in [0.1, 0.15) is 18.9 Å². The summed E-state index contributed by atoms with van der Waals surface area (Å²) in [7, 11) is 0. The summed E-state index contributed by atoms with van der Waals surface area (Å²) in [6.45, 7) is 1.33. The van der Waals surface area contributed by atoms with E-state index in [0.717, 1.165) is 5.56 Å². The fraction of sp³-hybridized carbons (Fsp3) is 0.625. The van der Waals surface area contributed by atoms with E-state index in [4.69, 9.17) is 14.6 Å². The molecule has 7 heteroatoms. The maximum atomic E-state index is 9.92. The van der Waals surface area contributed by atoms with Crippen LogP contribution < -0.4 is 0 Å². The van der Waals surface area contributed by atoms with Crippen LogP contribution in [0, 0.1) is 0 Å². The van der Waals surface area contributed by atoms with E-state index in [1.54, 1.807) is 12.1 Å². The third kappa shape index (κ3) is 4.63. The van der Waals surface area contributed by atoms with Crippen molar-refractivity contribution < 1.29 is 35.0 Å². The van der Waals surface area contributed by atoms with Gasteiger partial charge in [0.1, 0.15) is 30.2 Å². The third-order valence-corrected chi connectivity index (χ3v) is 3.99. The van der Waals surface area contributed by atoms with Crippen molar-refractivity contribution in [1.29, 1.82) is 0 Å². The molecule has 0 spiro atoms. The van der Waals surface area contributed by atoms with Gasteiger partial charge in [-0.1, -0.05) is 12.1 Å². The van der Waals surface area contributed by atoms with Gasteiger partial charge in [0.15, 0.2) is 6.29 Å². The van der Waals surface area contributed by atoms with E-state index in [1.165, 1.54) is 0 Å². The molecule has 0 amide bonds. The largest absolute Gasteiger partial charge is 0.508 e. The highest BCUT2D eigenvalue weighted by molar-refractivity contribution is 5.25. The molecule has 23 heavy (non-hydrogen) atoms. The Morgan fingerprint density at radius 1 is 1.09 bits per heavy atom. The van der Waals surface area contributed by atoms with Crippen LogP contribution in [-0.4, -0.2) is 68.9 Å². The molecule has 0 unspecified atom stereocenters. The molecule has 2 rings (SSSR count). The average Bonchev–Trinajstić information content (AvgIpc) is 2.55. The van der Waals surface area contributed by atoms with E-state index < -0.39 is 37.3 Å². The van der Waals surface area contributed by atoms with Crippen molar-refractivity contribution in [2.24, 2.45) is 0 Å². The summed E-state index contributed by atoms with van der Waals surface area (Å²) in [6, 6.07) is 6.85. The molecule has 5 N–H and O–H groups in total. The SMILES string of the molecule is C[C@H](CCc1ccc(O)cc1)O[C@H]1O[C@H](CO)[C@H](O)[C@@H](O)[C@H]1O. The molecule has 1 fully saturated rings. The predicted octanol–water partition coefficient (Wildman–Crippen LogP) is -0.470. The second kappa shape index (κ2) is 8.05. The molecule has 0 radical (unpaired) electrons. The molecule has 7 nitrogen and oxygen atoms in total. The quantitative estimate of drug-likeness (QED) is 0.479. The summed E-state index contributed by atoms with van der Waals surface area (Å²) in [5.41, 5.74) is 1.03. The molecule has 0 aromatic heterocycles. The lowest BCUT2D eigenvalue weighted by Crippen LogP contribution is -2.59. The fourth-order valence-corrected chi connectivity index (χ4v) is 2.51. The third-order valence-electron chi connectivity index (χ3n) is 3.99. The molecule has 0 saturated carbocycles. The van der Waals surface area contributed by atoms with Crippen LogP contribution in [0.4, 0.5) is 0 Å². The van der Waals surface area contributed by atoms with Gasteiger partial charge < -0.3 is 35.0 Å². The molecule has 1 heterocycles. The van der Waals surface area contributed by atoms with Gasteiger partial charge >= 0.3 is 0 Å². The molecular weight excluding hydrogens is 304 g/mol. The zero-order valence-electron chi connectivity index (χ0n) is 12.9. The number of hydrogen-bond donors (Lipinski definition) is 5. The van der Waals surface area contributed by atoms with E-state index >= 15 is 0 Å². The van der Waals surface area contributed by atoms with E-state index in [9.17, 15) is 20.4 Å². The summed E-state index contributed by atoms with van der Waals surface area (Å²) in [5.74, 6) is 0.208. The van der Waals surface area contributed by atoms with Crippen molar-refractivity contribution in [3.8, 4) is 5.75 Å². The smallest absolute Gasteiger partial charge is 0.186 e. The molecule has 1 aliphatic rings. The van der Waals surface area contributed by atoms with Crippen LogP contribution in [0.5, 0.6) is 5.75 Å². The number of benzene rings is 1. The number of phenolic OH excluding ortho intramolecular Hbond substituents is 1. The van der Waals surface area contributed by atoms with Crippen LogP contribution >= 0.6 is 0 Å². The van der Waals surface area contributed by atoms with Crippen LogP contribution in [0.2, 0.25) is 0 Å². The van der Waals surface area contributed by atoms with Gasteiger partial charge in [-0.25, -0.2) is 0 Å². The van der Waals surface area contributed by atoms with E-state index in [2.05, 4.69) is 0 Å². The normalized spacial score (nSPS) is 32.7. The van der Waals surface area contributed by atoms with Crippen molar-refractivity contribution in [2.75, 3.05) is 6.61 Å². The van der Waals surface area contributed by atoms with Gasteiger partial charge in [0, 0.05) is 0 Å². The molecule has 1 saturated heterocycles. The van der Waals surface area contributed by atoms with Crippen molar-refractivity contribution >= 4 is 0 Å². The molecule has 130 valence electrons. The first-order chi connectivity index (χ1) is 10.9. The number of aliphatic hydroxyl groups excluding tert-OH is 4. The maximum absolute atomic E-state index is 9.92. The second-order valence-electron chi connectivity index (χ2n) is 5.85. The molecule has 1 aliphatic heterocycles. The van der Waals surface area contributed by atoms with E-state index in [-0.39, 0.29) is 11.9 Å². The fourth-order valence-electron chi connectivity index (χ4n) is 2.51. The Morgan fingerprint density at radius 2 is 1.74 bits per heavy atom. The Bertz CT molecular complexity index is 476. The molecule has 1 aromatic rings. The van der Waals surface area contributed by atoms with Gasteiger partial charge in [0.2, 0.25) is 0 Å². The molecule has 0 aliphatic carbocycles. The Labute approximate surface area is 134 Å².